The SMILES string of the molecule is Cc1cc(C)c(C(C)NCc2ncc(C)s2)c(C)n1. The Bertz CT molecular complexity index is 552. The van der Waals surface area contributed by atoms with Crippen LogP contribution in [0.25, 0.3) is 0 Å². The Morgan fingerprint density at radius 3 is 2.58 bits per heavy atom. The lowest BCUT2D eigenvalue weighted by atomic mass is 10.0. The van der Waals surface area contributed by atoms with Gasteiger partial charge in [0.05, 0.1) is 0 Å². The molecule has 0 saturated heterocycles. The molecule has 19 heavy (non-hydrogen) atoms. The first-order valence-corrected chi connectivity index (χ1v) is 7.38. The number of nitrogens with one attached hydrogen (secondary N) is 1. The molecular formula is C15H21N3S. The number of pyridine rings is 1. The summed E-state index contributed by atoms with van der Waals surface area (Å²) in [6.45, 7) is 11.4. The van der Waals surface area contributed by atoms with Crippen LogP contribution in [0.5, 0.6) is 0 Å². The second-order valence-electron chi connectivity index (χ2n) is 5.05. The van der Waals surface area contributed by atoms with E-state index in [2.05, 4.69) is 49.0 Å². The summed E-state index contributed by atoms with van der Waals surface area (Å²) in [4.78, 5) is 10.2. The minimum atomic E-state index is 0.289. The molecule has 102 valence electrons. The minimum absolute atomic E-state index is 0.289. The third-order valence-corrected chi connectivity index (χ3v) is 4.16. The van der Waals surface area contributed by atoms with E-state index in [1.807, 2.05) is 13.1 Å². The van der Waals surface area contributed by atoms with Crippen molar-refractivity contribution in [2.75, 3.05) is 0 Å². The van der Waals surface area contributed by atoms with E-state index in [-0.39, 0.29) is 6.04 Å². The molecule has 1 unspecified atom stereocenters. The number of thiazole rings is 1. The molecule has 2 aromatic rings. The monoisotopic (exact) mass is 275 g/mol. The summed E-state index contributed by atoms with van der Waals surface area (Å²) >= 11 is 1.75. The minimum Gasteiger partial charge on any atom is -0.304 e. The van der Waals surface area contributed by atoms with Crippen molar-refractivity contribution in [3.05, 3.63) is 44.7 Å². The van der Waals surface area contributed by atoms with Crippen molar-refractivity contribution in [2.45, 2.75) is 47.2 Å². The third kappa shape index (κ3) is 3.39. The van der Waals surface area contributed by atoms with Gasteiger partial charge in [0.25, 0.3) is 0 Å². The van der Waals surface area contributed by atoms with Crippen molar-refractivity contribution < 1.29 is 0 Å². The lowest BCUT2D eigenvalue weighted by molar-refractivity contribution is 0.565. The number of nitrogens with zero attached hydrogens (tertiary/aromatic N) is 2. The van der Waals surface area contributed by atoms with Gasteiger partial charge in [-0.15, -0.1) is 11.3 Å². The van der Waals surface area contributed by atoms with Crippen LogP contribution in [0, 0.1) is 27.7 Å². The molecule has 0 saturated carbocycles. The van der Waals surface area contributed by atoms with Gasteiger partial charge in [0, 0.05) is 35.0 Å². The van der Waals surface area contributed by atoms with Gasteiger partial charge in [0.1, 0.15) is 5.01 Å². The summed E-state index contributed by atoms with van der Waals surface area (Å²) in [6.07, 6.45) is 1.93. The molecule has 0 aliphatic rings. The molecule has 1 N–H and O–H groups in total. The van der Waals surface area contributed by atoms with Crippen molar-refractivity contribution in [3.8, 4) is 0 Å². The van der Waals surface area contributed by atoms with Gasteiger partial charge in [-0.25, -0.2) is 4.98 Å². The maximum atomic E-state index is 4.56. The van der Waals surface area contributed by atoms with Crippen LogP contribution in [0.15, 0.2) is 12.3 Å². The molecule has 0 aliphatic heterocycles. The number of hydrogen-bond acceptors (Lipinski definition) is 4. The highest BCUT2D eigenvalue weighted by Gasteiger charge is 2.13. The largest absolute Gasteiger partial charge is 0.304 e. The van der Waals surface area contributed by atoms with E-state index in [1.54, 1.807) is 11.3 Å². The molecule has 0 bridgehead atoms. The molecule has 2 aromatic heterocycles. The number of aromatic nitrogens is 2. The molecule has 1 atom stereocenters. The van der Waals surface area contributed by atoms with Gasteiger partial charge in [0.15, 0.2) is 0 Å². The molecule has 0 spiro atoms. The smallest absolute Gasteiger partial charge is 0.107 e. The fourth-order valence-electron chi connectivity index (χ4n) is 2.51. The molecule has 0 aromatic carbocycles. The van der Waals surface area contributed by atoms with Crippen molar-refractivity contribution >= 4 is 11.3 Å². The van der Waals surface area contributed by atoms with Gasteiger partial charge in [0.2, 0.25) is 0 Å². The van der Waals surface area contributed by atoms with E-state index in [0.717, 1.165) is 22.9 Å². The Labute approximate surface area is 119 Å². The van der Waals surface area contributed by atoms with Crippen LogP contribution in [0.4, 0.5) is 0 Å². The summed E-state index contributed by atoms with van der Waals surface area (Å²) < 4.78 is 0. The van der Waals surface area contributed by atoms with Crippen LogP contribution < -0.4 is 5.32 Å². The first-order valence-electron chi connectivity index (χ1n) is 6.57. The Kier molecular flexibility index (Phi) is 4.32. The number of rotatable bonds is 4. The third-order valence-electron chi connectivity index (χ3n) is 3.25. The standard InChI is InChI=1S/C15H21N3S/c1-9-6-10(2)18-13(5)15(9)12(4)16-8-14-17-7-11(3)19-14/h6-7,12,16H,8H2,1-5H3. The zero-order valence-corrected chi connectivity index (χ0v) is 13.1. The van der Waals surface area contributed by atoms with Gasteiger partial charge in [-0.1, -0.05) is 0 Å². The fourth-order valence-corrected chi connectivity index (χ4v) is 3.25. The molecule has 4 heteroatoms. The maximum Gasteiger partial charge on any atom is 0.107 e. The molecule has 0 amide bonds. The van der Waals surface area contributed by atoms with Gasteiger partial charge in [-0.2, -0.15) is 0 Å². The normalized spacial score (nSPS) is 12.7. The van der Waals surface area contributed by atoms with Crippen LogP contribution in [0.3, 0.4) is 0 Å². The predicted molar refractivity (Wildman–Crippen MR) is 80.6 cm³/mol. The number of hydrogen-bond donors (Lipinski definition) is 1. The summed E-state index contributed by atoms with van der Waals surface area (Å²) in [7, 11) is 0. The zero-order chi connectivity index (χ0) is 14.0. The fraction of sp³-hybridized carbons (Fsp3) is 0.467. The van der Waals surface area contributed by atoms with Crippen molar-refractivity contribution in [3.63, 3.8) is 0 Å². The molecule has 0 fully saturated rings. The van der Waals surface area contributed by atoms with E-state index >= 15 is 0 Å². The van der Waals surface area contributed by atoms with Gasteiger partial charge in [-0.05, 0) is 51.8 Å². The van der Waals surface area contributed by atoms with Crippen LogP contribution in [-0.4, -0.2) is 9.97 Å². The van der Waals surface area contributed by atoms with Gasteiger partial charge in [-0.3, -0.25) is 4.98 Å². The second kappa shape index (κ2) is 5.80. The maximum absolute atomic E-state index is 4.56. The summed E-state index contributed by atoms with van der Waals surface area (Å²) in [6, 6.07) is 2.44. The molecular weight excluding hydrogens is 254 g/mol. The Morgan fingerprint density at radius 1 is 1.26 bits per heavy atom. The van der Waals surface area contributed by atoms with Crippen molar-refractivity contribution in [2.24, 2.45) is 0 Å². The highest BCUT2D eigenvalue weighted by molar-refractivity contribution is 7.11. The second-order valence-corrected chi connectivity index (χ2v) is 6.37. The highest BCUT2D eigenvalue weighted by atomic mass is 32.1. The predicted octanol–water partition coefficient (Wildman–Crippen LogP) is 3.62. The van der Waals surface area contributed by atoms with E-state index in [9.17, 15) is 0 Å². The number of aryl methyl sites for hydroxylation is 4. The van der Waals surface area contributed by atoms with Crippen molar-refractivity contribution in [1.82, 2.24) is 15.3 Å². The van der Waals surface area contributed by atoms with Crippen LogP contribution in [0.2, 0.25) is 0 Å². The quantitative estimate of drug-likeness (QED) is 0.926. The topological polar surface area (TPSA) is 37.8 Å². The van der Waals surface area contributed by atoms with Gasteiger partial charge < -0.3 is 5.32 Å². The highest BCUT2D eigenvalue weighted by Crippen LogP contribution is 2.22. The molecule has 3 nitrogen and oxygen atoms in total. The van der Waals surface area contributed by atoms with E-state index in [0.29, 0.717) is 0 Å². The van der Waals surface area contributed by atoms with Crippen LogP contribution in [0.1, 0.15) is 45.4 Å². The lowest BCUT2D eigenvalue weighted by Crippen LogP contribution is -2.20. The van der Waals surface area contributed by atoms with Gasteiger partial charge >= 0.3 is 0 Å². The molecule has 0 aliphatic carbocycles. The van der Waals surface area contributed by atoms with Crippen LogP contribution in [-0.2, 0) is 6.54 Å². The van der Waals surface area contributed by atoms with E-state index < -0.39 is 0 Å². The first-order chi connectivity index (χ1) is 8.97. The average molecular weight is 275 g/mol. The Morgan fingerprint density at radius 2 is 2.00 bits per heavy atom. The van der Waals surface area contributed by atoms with E-state index in [1.165, 1.54) is 16.0 Å². The zero-order valence-electron chi connectivity index (χ0n) is 12.2. The Balaban J connectivity index is 2.10. The van der Waals surface area contributed by atoms with Crippen molar-refractivity contribution in [1.29, 1.82) is 0 Å². The average Bonchev–Trinajstić information content (AvgIpc) is 2.71. The summed E-state index contributed by atoms with van der Waals surface area (Å²) in [5.41, 5.74) is 4.81. The first kappa shape index (κ1) is 14.2. The van der Waals surface area contributed by atoms with Crippen LogP contribution >= 0.6 is 11.3 Å². The Hall–Kier alpha value is -1.26. The summed E-state index contributed by atoms with van der Waals surface area (Å²) in [5, 5.41) is 4.68. The molecule has 0 radical (unpaired) electrons. The summed E-state index contributed by atoms with van der Waals surface area (Å²) in [5.74, 6) is 0. The lowest BCUT2D eigenvalue weighted by Gasteiger charge is -2.18. The molecule has 2 heterocycles. The molecule has 2 rings (SSSR count). The van der Waals surface area contributed by atoms with E-state index in [4.69, 9.17) is 0 Å².